The first-order valence-corrected chi connectivity index (χ1v) is 15.0. The first kappa shape index (κ1) is 29.4. The molecule has 2 aromatic heterocycles. The predicted molar refractivity (Wildman–Crippen MR) is 157 cm³/mol. The van der Waals surface area contributed by atoms with Gasteiger partial charge in [0.25, 0.3) is 0 Å². The fraction of sp³-hybridized carbons (Fsp3) is 0.179. The number of thioether (sulfide) groups is 1. The average molecular weight is 666 g/mol. The van der Waals surface area contributed by atoms with E-state index in [4.69, 9.17) is 23.2 Å². The second-order valence-corrected chi connectivity index (χ2v) is 12.6. The van der Waals surface area contributed by atoms with Crippen molar-refractivity contribution in [2.24, 2.45) is 5.92 Å². The minimum Gasteiger partial charge on any atom is -0.324 e. The number of hydrogen-bond donors (Lipinski definition) is 1. The zero-order chi connectivity index (χ0) is 30.6. The number of nitrogens with zero attached hydrogens (tertiary/aromatic N) is 3. The zero-order valence-corrected chi connectivity index (χ0v) is 24.6. The van der Waals surface area contributed by atoms with Gasteiger partial charge in [-0.2, -0.15) is 13.2 Å². The summed E-state index contributed by atoms with van der Waals surface area (Å²) in [7, 11) is 0. The lowest BCUT2D eigenvalue weighted by Crippen LogP contribution is -2.33. The normalized spacial score (nSPS) is 19.7. The number of amides is 3. The summed E-state index contributed by atoms with van der Waals surface area (Å²) in [6.45, 7) is -0.433. The number of thiazole rings is 1. The third-order valence-corrected chi connectivity index (χ3v) is 10.4. The Balaban J connectivity index is 1.41. The third kappa shape index (κ3) is 5.24. The van der Waals surface area contributed by atoms with Crippen LogP contribution in [0.4, 0.5) is 24.5 Å². The number of carbonyl (C=O) groups excluding carboxylic acids is 3. The van der Waals surface area contributed by atoms with Crippen LogP contribution in [0.3, 0.4) is 0 Å². The van der Waals surface area contributed by atoms with Crippen LogP contribution in [0.5, 0.6) is 0 Å². The van der Waals surface area contributed by atoms with E-state index >= 15 is 0 Å². The SMILES string of the molecule is O=C(Cn1c2c(sc1=O)[C@@H](c1cccnc1)[C@@H]1C(=O)N(c3ccccc3C(F)(F)F)C(=O)[C@@H]1S2)Nc1ccc(Cl)c(Cl)c1. The summed E-state index contributed by atoms with van der Waals surface area (Å²) in [5, 5.41) is 2.27. The van der Waals surface area contributed by atoms with Crippen molar-refractivity contribution in [3.8, 4) is 0 Å². The van der Waals surface area contributed by atoms with Crippen molar-refractivity contribution in [1.82, 2.24) is 9.55 Å². The maximum atomic E-state index is 13.9. The van der Waals surface area contributed by atoms with Gasteiger partial charge in [-0.15, -0.1) is 0 Å². The molecule has 4 aromatic rings. The van der Waals surface area contributed by atoms with E-state index in [0.717, 1.165) is 35.2 Å². The molecule has 1 saturated heterocycles. The molecule has 6 rings (SSSR count). The number of pyridine rings is 1. The summed E-state index contributed by atoms with van der Waals surface area (Å²) < 4.78 is 42.9. The van der Waals surface area contributed by atoms with Crippen molar-refractivity contribution in [1.29, 1.82) is 0 Å². The van der Waals surface area contributed by atoms with Gasteiger partial charge in [0, 0.05) is 28.9 Å². The first-order chi connectivity index (χ1) is 20.5. The van der Waals surface area contributed by atoms with Crippen molar-refractivity contribution in [3.63, 3.8) is 0 Å². The lowest BCUT2D eigenvalue weighted by atomic mass is 9.84. The molecule has 0 unspecified atom stereocenters. The molecular formula is C28H17Cl2F3N4O4S2. The standard InChI is InChI=1S/C28H17Cl2F3N4O4S2/c29-16-8-7-14(10-17(16)30)35-19(38)12-36-26-23(43-27(36)41)20(13-4-3-9-34-11-13)21-22(42-26)25(40)37(24(21)39)18-6-2-1-5-15(18)28(31,32)33/h1-11,20-22H,12H2,(H,35,38)/t20-,21-,22+/m0/s1. The van der Waals surface area contributed by atoms with Crippen molar-refractivity contribution in [2.45, 2.75) is 28.9 Å². The largest absolute Gasteiger partial charge is 0.418 e. The average Bonchev–Trinajstić information content (AvgIpc) is 3.41. The van der Waals surface area contributed by atoms with Crippen LogP contribution in [0.1, 0.15) is 21.9 Å². The Morgan fingerprint density at radius 2 is 1.77 bits per heavy atom. The summed E-state index contributed by atoms with van der Waals surface area (Å²) in [5.41, 5.74) is -0.844. The van der Waals surface area contributed by atoms with Crippen molar-refractivity contribution < 1.29 is 27.6 Å². The van der Waals surface area contributed by atoms with E-state index in [2.05, 4.69) is 10.3 Å². The number of para-hydroxylation sites is 1. The molecule has 4 heterocycles. The second-order valence-electron chi connectivity index (χ2n) is 9.66. The van der Waals surface area contributed by atoms with Crippen LogP contribution < -0.4 is 15.1 Å². The molecule has 2 aromatic carbocycles. The van der Waals surface area contributed by atoms with E-state index in [1.54, 1.807) is 12.1 Å². The molecule has 43 heavy (non-hydrogen) atoms. The fourth-order valence-electron chi connectivity index (χ4n) is 5.24. The number of alkyl halides is 3. The van der Waals surface area contributed by atoms with Gasteiger partial charge in [-0.25, -0.2) is 4.90 Å². The lowest BCUT2D eigenvalue weighted by molar-refractivity contribution is -0.137. The minimum absolute atomic E-state index is 0.214. The van der Waals surface area contributed by atoms with Crippen molar-refractivity contribution >= 4 is 75.4 Å². The quantitative estimate of drug-likeness (QED) is 0.260. The van der Waals surface area contributed by atoms with Gasteiger partial charge in [0.15, 0.2) is 0 Å². The number of halogens is 5. The van der Waals surface area contributed by atoms with Crippen LogP contribution in [-0.4, -0.2) is 32.5 Å². The van der Waals surface area contributed by atoms with Gasteiger partial charge in [0.1, 0.15) is 11.8 Å². The predicted octanol–water partition coefficient (Wildman–Crippen LogP) is 6.06. The highest BCUT2D eigenvalue weighted by Crippen LogP contribution is 2.54. The molecule has 3 atom stereocenters. The molecule has 0 aliphatic carbocycles. The summed E-state index contributed by atoms with van der Waals surface area (Å²) in [5.74, 6) is -4.22. The third-order valence-electron chi connectivity index (χ3n) is 7.05. The number of rotatable bonds is 5. The number of aromatic nitrogens is 2. The van der Waals surface area contributed by atoms with Gasteiger partial charge in [0.2, 0.25) is 17.7 Å². The number of carbonyl (C=O) groups is 3. The van der Waals surface area contributed by atoms with Gasteiger partial charge in [-0.1, -0.05) is 64.5 Å². The van der Waals surface area contributed by atoms with Crippen LogP contribution in [0.2, 0.25) is 10.0 Å². The molecule has 0 radical (unpaired) electrons. The molecule has 8 nitrogen and oxygen atoms in total. The molecule has 2 aliphatic heterocycles. The van der Waals surface area contributed by atoms with Gasteiger partial charge in [0.05, 0.1) is 32.2 Å². The molecule has 3 amide bonds. The van der Waals surface area contributed by atoms with Crippen LogP contribution >= 0.6 is 46.3 Å². The number of fused-ring (bicyclic) bond motifs is 2. The highest BCUT2D eigenvalue weighted by atomic mass is 35.5. The van der Waals surface area contributed by atoms with Crippen molar-refractivity contribution in [2.75, 3.05) is 10.2 Å². The molecule has 1 fully saturated rings. The van der Waals surface area contributed by atoms with Gasteiger partial charge in [-0.3, -0.25) is 28.7 Å². The summed E-state index contributed by atoms with van der Waals surface area (Å²) in [6.07, 6.45) is -1.83. The topological polar surface area (TPSA) is 101 Å². The van der Waals surface area contributed by atoms with Crippen LogP contribution in [-0.2, 0) is 27.1 Å². The number of anilines is 2. The molecule has 1 N–H and O–H groups in total. The summed E-state index contributed by atoms with van der Waals surface area (Å²) in [4.78, 5) is 58.5. The van der Waals surface area contributed by atoms with Crippen molar-refractivity contribution in [3.05, 3.63) is 103 Å². The van der Waals surface area contributed by atoms with Crippen LogP contribution in [0.15, 0.2) is 76.8 Å². The van der Waals surface area contributed by atoms with E-state index < -0.39 is 63.7 Å². The Bertz CT molecular complexity index is 1850. The van der Waals surface area contributed by atoms with Crippen LogP contribution in [0, 0.1) is 5.92 Å². The Morgan fingerprint density at radius 1 is 1.00 bits per heavy atom. The summed E-state index contributed by atoms with van der Waals surface area (Å²) in [6, 6.07) is 12.2. The fourth-order valence-corrected chi connectivity index (χ4v) is 8.31. The molecule has 2 aliphatic rings. The van der Waals surface area contributed by atoms with E-state index in [1.165, 1.54) is 47.3 Å². The number of nitrogens with one attached hydrogen (secondary N) is 1. The van der Waals surface area contributed by atoms with Crippen LogP contribution in [0.25, 0.3) is 0 Å². The van der Waals surface area contributed by atoms with E-state index in [9.17, 15) is 32.3 Å². The van der Waals surface area contributed by atoms with Gasteiger partial charge < -0.3 is 5.32 Å². The number of hydrogen-bond acceptors (Lipinski definition) is 7. The van der Waals surface area contributed by atoms with E-state index in [1.807, 2.05) is 0 Å². The molecular weight excluding hydrogens is 648 g/mol. The zero-order valence-electron chi connectivity index (χ0n) is 21.5. The van der Waals surface area contributed by atoms with Gasteiger partial charge >= 0.3 is 11.0 Å². The molecule has 220 valence electrons. The van der Waals surface area contributed by atoms with Gasteiger partial charge in [-0.05, 0) is 42.0 Å². The summed E-state index contributed by atoms with van der Waals surface area (Å²) >= 11 is 13.7. The first-order valence-electron chi connectivity index (χ1n) is 12.5. The minimum atomic E-state index is -4.82. The molecule has 0 saturated carbocycles. The Labute approximate surface area is 259 Å². The lowest BCUT2D eigenvalue weighted by Gasteiger charge is -2.30. The highest BCUT2D eigenvalue weighted by molar-refractivity contribution is 8.00. The smallest absolute Gasteiger partial charge is 0.324 e. The monoisotopic (exact) mass is 664 g/mol. The Hall–Kier alpha value is -3.65. The van der Waals surface area contributed by atoms with E-state index in [-0.39, 0.29) is 15.1 Å². The van der Waals surface area contributed by atoms with E-state index in [0.29, 0.717) is 21.0 Å². The molecule has 15 heteroatoms. The number of benzene rings is 2. The number of imide groups is 1. The highest BCUT2D eigenvalue weighted by Gasteiger charge is 2.57. The Kier molecular flexibility index (Phi) is 7.61. The second kappa shape index (κ2) is 11.1. The maximum absolute atomic E-state index is 13.9. The molecule has 0 bridgehead atoms. The maximum Gasteiger partial charge on any atom is 0.418 e. The Morgan fingerprint density at radius 3 is 2.47 bits per heavy atom. The molecule has 0 spiro atoms.